The molecule has 0 radical (unpaired) electrons. The van der Waals surface area contributed by atoms with Crippen LogP contribution in [0.1, 0.15) is 29.6 Å². The summed E-state index contributed by atoms with van der Waals surface area (Å²) in [6.45, 7) is 2.54. The monoisotopic (exact) mass is 417 g/mol. The fourth-order valence-electron chi connectivity index (χ4n) is 3.31. The molecule has 152 valence electrons. The molecular weight excluding hydrogens is 397 g/mol. The van der Waals surface area contributed by atoms with Gasteiger partial charge in [-0.1, -0.05) is 23.4 Å². The van der Waals surface area contributed by atoms with Gasteiger partial charge >= 0.3 is 0 Å². The van der Waals surface area contributed by atoms with Gasteiger partial charge in [-0.3, -0.25) is 0 Å². The highest BCUT2D eigenvalue weighted by molar-refractivity contribution is 7.89. The summed E-state index contributed by atoms with van der Waals surface area (Å²) in [6.07, 6.45) is 0.614. The Kier molecular flexibility index (Phi) is 5.33. The van der Waals surface area contributed by atoms with Crippen LogP contribution in [0.3, 0.4) is 0 Å². The predicted molar refractivity (Wildman–Crippen MR) is 102 cm³/mol. The first-order valence-corrected chi connectivity index (χ1v) is 10.6. The van der Waals surface area contributed by atoms with Crippen molar-refractivity contribution >= 4 is 10.0 Å². The van der Waals surface area contributed by atoms with Gasteiger partial charge in [0.15, 0.2) is 12.4 Å². The summed E-state index contributed by atoms with van der Waals surface area (Å²) in [5, 5.41) is 3.98. The predicted octanol–water partition coefficient (Wildman–Crippen LogP) is 3.27. The number of rotatable bonds is 6. The van der Waals surface area contributed by atoms with Gasteiger partial charge in [-0.2, -0.15) is 9.29 Å². The molecule has 1 fully saturated rings. The first kappa shape index (κ1) is 19.5. The van der Waals surface area contributed by atoms with Gasteiger partial charge < -0.3 is 9.26 Å². The lowest BCUT2D eigenvalue weighted by atomic mass is 10.1. The third kappa shape index (κ3) is 4.15. The van der Waals surface area contributed by atoms with Gasteiger partial charge in [-0.25, -0.2) is 12.8 Å². The highest BCUT2D eigenvalue weighted by atomic mass is 32.2. The zero-order valence-electron chi connectivity index (χ0n) is 15.8. The van der Waals surface area contributed by atoms with Crippen LogP contribution in [0.15, 0.2) is 57.9 Å². The Morgan fingerprint density at radius 2 is 1.97 bits per heavy atom. The second kappa shape index (κ2) is 7.92. The number of ether oxygens (including phenoxy) is 1. The van der Waals surface area contributed by atoms with E-state index in [2.05, 4.69) is 10.1 Å². The summed E-state index contributed by atoms with van der Waals surface area (Å²) in [6, 6.07) is 12.6. The van der Waals surface area contributed by atoms with Crippen molar-refractivity contribution in [1.82, 2.24) is 14.4 Å². The van der Waals surface area contributed by atoms with E-state index in [1.807, 2.05) is 6.07 Å². The lowest BCUT2D eigenvalue weighted by Crippen LogP contribution is -2.29. The van der Waals surface area contributed by atoms with E-state index in [0.29, 0.717) is 36.0 Å². The minimum atomic E-state index is -3.56. The maximum absolute atomic E-state index is 12.9. The van der Waals surface area contributed by atoms with Crippen molar-refractivity contribution < 1.29 is 22.1 Å². The molecule has 1 aromatic heterocycles. The van der Waals surface area contributed by atoms with Gasteiger partial charge in [0.2, 0.25) is 10.0 Å². The highest BCUT2D eigenvalue weighted by Crippen LogP contribution is 2.30. The molecule has 1 saturated heterocycles. The Labute approximate surface area is 168 Å². The van der Waals surface area contributed by atoms with E-state index >= 15 is 0 Å². The summed E-state index contributed by atoms with van der Waals surface area (Å²) in [5.41, 5.74) is 0.718. The Morgan fingerprint density at radius 3 is 2.72 bits per heavy atom. The van der Waals surface area contributed by atoms with Crippen LogP contribution < -0.4 is 4.74 Å². The molecule has 0 spiro atoms. The topological polar surface area (TPSA) is 85.5 Å². The van der Waals surface area contributed by atoms with E-state index in [1.165, 1.54) is 28.6 Å². The summed E-state index contributed by atoms with van der Waals surface area (Å²) >= 11 is 0. The Bertz CT molecular complexity index is 1100. The Morgan fingerprint density at radius 1 is 1.21 bits per heavy atom. The Balaban J connectivity index is 1.41. The molecule has 0 amide bonds. The van der Waals surface area contributed by atoms with Crippen LogP contribution in [0.25, 0.3) is 0 Å². The fourth-order valence-corrected chi connectivity index (χ4v) is 5.04. The molecule has 7 nitrogen and oxygen atoms in total. The largest absolute Gasteiger partial charge is 0.484 e. The second-order valence-corrected chi connectivity index (χ2v) is 8.81. The number of benzene rings is 2. The molecule has 3 aromatic rings. The zero-order chi connectivity index (χ0) is 20.4. The molecule has 4 rings (SSSR count). The second-order valence-electron chi connectivity index (χ2n) is 6.90. The van der Waals surface area contributed by atoms with Crippen molar-refractivity contribution in [3.05, 3.63) is 71.6 Å². The van der Waals surface area contributed by atoms with Crippen molar-refractivity contribution in [3.63, 3.8) is 0 Å². The number of hydrogen-bond donors (Lipinski definition) is 0. The fraction of sp³-hybridized carbons (Fsp3) is 0.300. The quantitative estimate of drug-likeness (QED) is 0.612. The average molecular weight is 417 g/mol. The van der Waals surface area contributed by atoms with Crippen LogP contribution >= 0.6 is 0 Å². The average Bonchev–Trinajstić information content (AvgIpc) is 3.38. The van der Waals surface area contributed by atoms with Crippen molar-refractivity contribution in [2.24, 2.45) is 0 Å². The van der Waals surface area contributed by atoms with E-state index in [-0.39, 0.29) is 24.2 Å². The molecule has 1 atom stereocenters. The Hall–Kier alpha value is -2.78. The van der Waals surface area contributed by atoms with Crippen LogP contribution in [-0.2, 0) is 16.6 Å². The molecule has 2 heterocycles. The maximum Gasteiger partial charge on any atom is 0.264 e. The molecular formula is C20H20FN3O4S. The lowest BCUT2D eigenvalue weighted by Gasteiger charge is -2.17. The molecule has 0 bridgehead atoms. The molecule has 1 aliphatic rings. The minimum Gasteiger partial charge on any atom is -0.484 e. The number of aryl methyl sites for hydroxylation is 1. The number of hydrogen-bond acceptors (Lipinski definition) is 6. The van der Waals surface area contributed by atoms with E-state index in [0.717, 1.165) is 5.56 Å². The van der Waals surface area contributed by atoms with Crippen LogP contribution in [-0.4, -0.2) is 36.0 Å². The van der Waals surface area contributed by atoms with Gasteiger partial charge in [-0.05, 0) is 49.2 Å². The van der Waals surface area contributed by atoms with E-state index in [1.54, 1.807) is 25.1 Å². The zero-order valence-corrected chi connectivity index (χ0v) is 16.6. The van der Waals surface area contributed by atoms with Gasteiger partial charge in [0.1, 0.15) is 11.6 Å². The van der Waals surface area contributed by atoms with Crippen molar-refractivity contribution in [2.45, 2.75) is 30.8 Å². The van der Waals surface area contributed by atoms with Gasteiger partial charge in [0.05, 0.1) is 4.90 Å². The van der Waals surface area contributed by atoms with E-state index in [4.69, 9.17) is 9.26 Å². The van der Waals surface area contributed by atoms with Crippen molar-refractivity contribution in [2.75, 3.05) is 13.1 Å². The first-order valence-electron chi connectivity index (χ1n) is 9.20. The minimum absolute atomic E-state index is 0.0522. The third-order valence-electron chi connectivity index (χ3n) is 4.89. The molecule has 1 unspecified atom stereocenters. The molecule has 2 aromatic carbocycles. The van der Waals surface area contributed by atoms with E-state index in [9.17, 15) is 12.8 Å². The number of nitrogens with zero attached hydrogens (tertiary/aromatic N) is 3. The van der Waals surface area contributed by atoms with Gasteiger partial charge in [-0.15, -0.1) is 0 Å². The van der Waals surface area contributed by atoms with Crippen molar-refractivity contribution in [3.8, 4) is 5.75 Å². The number of sulfonamides is 1. The van der Waals surface area contributed by atoms with Crippen LogP contribution in [0, 0.1) is 12.7 Å². The van der Waals surface area contributed by atoms with E-state index < -0.39 is 10.0 Å². The summed E-state index contributed by atoms with van der Waals surface area (Å²) in [7, 11) is -3.56. The molecule has 9 heteroatoms. The summed E-state index contributed by atoms with van der Waals surface area (Å²) in [5.74, 6) is 0.748. The molecule has 0 saturated carbocycles. The van der Waals surface area contributed by atoms with Gasteiger partial charge in [0, 0.05) is 19.0 Å². The maximum atomic E-state index is 12.9. The smallest absolute Gasteiger partial charge is 0.264 e. The molecule has 0 aliphatic carbocycles. The van der Waals surface area contributed by atoms with Crippen LogP contribution in [0.4, 0.5) is 4.39 Å². The molecule has 0 N–H and O–H groups in total. The van der Waals surface area contributed by atoms with Crippen LogP contribution in [0.5, 0.6) is 5.75 Å². The number of halogens is 1. The van der Waals surface area contributed by atoms with Crippen LogP contribution in [0.2, 0.25) is 0 Å². The summed E-state index contributed by atoms with van der Waals surface area (Å²) in [4.78, 5) is 4.65. The molecule has 29 heavy (non-hydrogen) atoms. The normalized spacial score (nSPS) is 17.5. The SMILES string of the molecule is Cc1ccccc1S(=O)(=O)N1CCC(c2noc(COc3ccc(F)cc3)n2)C1. The first-order chi connectivity index (χ1) is 13.9. The highest BCUT2D eigenvalue weighted by Gasteiger charge is 2.35. The standard InChI is InChI=1S/C20H20FN3O4S/c1-14-4-2-3-5-18(14)29(25,26)24-11-10-15(12-24)20-22-19(28-23-20)13-27-17-8-6-16(21)7-9-17/h2-9,15H,10-13H2,1H3. The van der Waals surface area contributed by atoms with Crippen molar-refractivity contribution in [1.29, 1.82) is 0 Å². The van der Waals surface area contributed by atoms with Gasteiger partial charge in [0.25, 0.3) is 5.89 Å². The number of aromatic nitrogens is 2. The summed E-state index contributed by atoms with van der Waals surface area (Å²) < 4.78 is 51.0. The molecule has 1 aliphatic heterocycles. The third-order valence-corrected chi connectivity index (χ3v) is 6.91. The lowest BCUT2D eigenvalue weighted by molar-refractivity contribution is 0.242.